The smallest absolute Gasteiger partial charge is 0.0697 e. The summed E-state index contributed by atoms with van der Waals surface area (Å²) in [6, 6.07) is 4.64. The Labute approximate surface area is 59.7 Å². The van der Waals surface area contributed by atoms with Crippen molar-refractivity contribution < 1.29 is 0 Å². The van der Waals surface area contributed by atoms with Crippen LogP contribution in [-0.2, 0) is 0 Å². The van der Waals surface area contributed by atoms with E-state index in [1.54, 1.807) is 6.07 Å². The van der Waals surface area contributed by atoms with Gasteiger partial charge in [0, 0.05) is 11.8 Å². The summed E-state index contributed by atoms with van der Waals surface area (Å²) in [6.07, 6.45) is 0. The van der Waals surface area contributed by atoms with Gasteiger partial charge in [-0.1, -0.05) is 11.6 Å². The van der Waals surface area contributed by atoms with Gasteiger partial charge in [0.2, 0.25) is 0 Å². The molecule has 1 heterocycles. The maximum Gasteiger partial charge on any atom is 0.0697 e. The van der Waals surface area contributed by atoms with Crippen molar-refractivity contribution in [1.29, 1.82) is 0 Å². The molecule has 0 unspecified atom stereocenters. The van der Waals surface area contributed by atoms with E-state index in [9.17, 15) is 0 Å². The van der Waals surface area contributed by atoms with E-state index in [4.69, 9.17) is 11.6 Å². The normalized spacial score (nSPS) is 9.67. The van der Waals surface area contributed by atoms with Crippen molar-refractivity contribution in [2.75, 3.05) is 0 Å². The Morgan fingerprint density at radius 2 is 2.22 bits per heavy atom. The predicted octanol–water partition coefficient (Wildman–Crippen LogP) is 2.15. The average molecular weight is 141 g/mol. The first-order chi connectivity index (χ1) is 4.20. The molecule has 0 saturated carbocycles. The Kier molecular flexibility index (Phi) is 1.72. The molecule has 0 atom stereocenters. The Balaban J connectivity index is 3.17. The lowest BCUT2D eigenvalue weighted by molar-refractivity contribution is 1.12. The summed E-state index contributed by atoms with van der Waals surface area (Å²) in [5, 5.41) is 0.612. The van der Waals surface area contributed by atoms with E-state index < -0.39 is 0 Å². The molecule has 0 amide bonds. The fourth-order valence-electron chi connectivity index (χ4n) is 0.618. The predicted molar refractivity (Wildman–Crippen MR) is 37.6 cm³/mol. The summed E-state index contributed by atoms with van der Waals surface area (Å²) in [6.45, 7) is 3.78. The van der Waals surface area contributed by atoms with Crippen molar-refractivity contribution in [2.45, 2.75) is 13.8 Å². The van der Waals surface area contributed by atoms with E-state index in [-0.39, 0.29) is 0 Å². The third kappa shape index (κ3) is 1.42. The number of aryl methyl sites for hydroxylation is 2. The van der Waals surface area contributed by atoms with Crippen LogP contribution in [0.4, 0.5) is 0 Å². The first-order valence-corrected chi connectivity index (χ1v) is 3.09. The number of hydrogen-bond donors (Lipinski definition) is 0. The maximum atomic E-state index is 5.66. The molecule has 0 aliphatic heterocycles. The first kappa shape index (κ1) is 6.56. The number of pyridine rings is 1. The van der Waals surface area contributed by atoms with Crippen LogP contribution in [0, 0.1) is 19.9 Å². The van der Waals surface area contributed by atoms with Gasteiger partial charge in [0.05, 0.1) is 10.7 Å². The summed E-state index contributed by atoms with van der Waals surface area (Å²) >= 11 is 5.66. The molecule has 1 nitrogen and oxygen atoms in total. The maximum absolute atomic E-state index is 5.66. The SMILES string of the molecule is Cc1c[c]c(Cl)c(C)n1. The minimum Gasteiger partial charge on any atom is -0.257 e. The molecule has 0 N–H and O–H groups in total. The van der Waals surface area contributed by atoms with Gasteiger partial charge in [-0.2, -0.15) is 0 Å². The molecule has 0 aliphatic carbocycles. The summed E-state index contributed by atoms with van der Waals surface area (Å²) in [5.74, 6) is 0. The lowest BCUT2D eigenvalue weighted by Crippen LogP contribution is -1.84. The van der Waals surface area contributed by atoms with E-state index in [1.807, 2.05) is 13.8 Å². The van der Waals surface area contributed by atoms with E-state index >= 15 is 0 Å². The van der Waals surface area contributed by atoms with Crippen molar-refractivity contribution in [3.63, 3.8) is 0 Å². The van der Waals surface area contributed by atoms with Crippen LogP contribution in [0.25, 0.3) is 0 Å². The number of nitrogens with zero attached hydrogens (tertiary/aromatic N) is 1. The molecule has 0 saturated heterocycles. The van der Waals surface area contributed by atoms with Gasteiger partial charge in [0.15, 0.2) is 0 Å². The summed E-state index contributed by atoms with van der Waals surface area (Å²) in [4.78, 5) is 4.11. The molecule has 0 bridgehead atoms. The molecular weight excluding hydrogens is 134 g/mol. The fourth-order valence-corrected chi connectivity index (χ4v) is 0.715. The van der Waals surface area contributed by atoms with Crippen LogP contribution in [0.15, 0.2) is 6.07 Å². The Hall–Kier alpha value is -0.560. The van der Waals surface area contributed by atoms with Crippen LogP contribution in [0.3, 0.4) is 0 Å². The molecule has 0 fully saturated rings. The van der Waals surface area contributed by atoms with Gasteiger partial charge in [-0.15, -0.1) is 0 Å². The van der Waals surface area contributed by atoms with E-state index in [0.717, 1.165) is 11.4 Å². The van der Waals surface area contributed by atoms with E-state index in [0.29, 0.717) is 5.02 Å². The second-order valence-electron chi connectivity index (χ2n) is 1.94. The zero-order valence-electron chi connectivity index (χ0n) is 5.40. The van der Waals surface area contributed by atoms with Gasteiger partial charge in [0.25, 0.3) is 0 Å². The van der Waals surface area contributed by atoms with E-state index in [2.05, 4.69) is 11.1 Å². The molecule has 0 aliphatic rings. The lowest BCUT2D eigenvalue weighted by atomic mass is 10.3. The summed E-state index contributed by atoms with van der Waals surface area (Å²) < 4.78 is 0. The minimum absolute atomic E-state index is 0.612. The van der Waals surface area contributed by atoms with Gasteiger partial charge >= 0.3 is 0 Å². The number of hydrogen-bond acceptors (Lipinski definition) is 1. The van der Waals surface area contributed by atoms with Crippen LogP contribution in [0.1, 0.15) is 11.4 Å². The van der Waals surface area contributed by atoms with Crippen LogP contribution < -0.4 is 0 Å². The summed E-state index contributed by atoms with van der Waals surface area (Å²) in [7, 11) is 0. The quantitative estimate of drug-likeness (QED) is 0.538. The molecule has 1 rings (SSSR count). The van der Waals surface area contributed by atoms with Crippen LogP contribution in [-0.4, -0.2) is 4.98 Å². The third-order valence-electron chi connectivity index (χ3n) is 1.07. The number of aromatic nitrogens is 1. The van der Waals surface area contributed by atoms with Crippen molar-refractivity contribution in [3.8, 4) is 0 Å². The third-order valence-corrected chi connectivity index (χ3v) is 1.45. The monoisotopic (exact) mass is 140 g/mol. The highest BCUT2D eigenvalue weighted by atomic mass is 35.5. The molecule has 0 spiro atoms. The highest BCUT2D eigenvalue weighted by molar-refractivity contribution is 6.30. The van der Waals surface area contributed by atoms with Gasteiger partial charge < -0.3 is 0 Å². The van der Waals surface area contributed by atoms with Crippen LogP contribution >= 0.6 is 11.6 Å². The van der Waals surface area contributed by atoms with Crippen molar-refractivity contribution in [3.05, 3.63) is 28.5 Å². The largest absolute Gasteiger partial charge is 0.257 e. The first-order valence-electron chi connectivity index (χ1n) is 2.71. The minimum atomic E-state index is 0.612. The molecular formula is C7H7ClN. The lowest BCUT2D eigenvalue weighted by Gasteiger charge is -1.94. The number of halogens is 1. The Morgan fingerprint density at radius 3 is 2.67 bits per heavy atom. The topological polar surface area (TPSA) is 12.9 Å². The molecule has 47 valence electrons. The molecule has 1 aromatic heterocycles. The molecule has 1 radical (unpaired) electrons. The zero-order chi connectivity index (χ0) is 6.85. The molecule has 9 heavy (non-hydrogen) atoms. The van der Waals surface area contributed by atoms with Gasteiger partial charge in [-0.05, 0) is 19.9 Å². The average Bonchev–Trinajstić information content (AvgIpc) is 1.80. The molecule has 0 aromatic carbocycles. The highest BCUT2D eigenvalue weighted by Gasteiger charge is 1.93. The number of rotatable bonds is 0. The van der Waals surface area contributed by atoms with E-state index in [1.165, 1.54) is 0 Å². The van der Waals surface area contributed by atoms with Gasteiger partial charge in [0.1, 0.15) is 0 Å². The van der Waals surface area contributed by atoms with Gasteiger partial charge in [-0.25, -0.2) is 0 Å². The Bertz CT molecular complexity index is 220. The highest BCUT2D eigenvalue weighted by Crippen LogP contribution is 2.10. The zero-order valence-corrected chi connectivity index (χ0v) is 6.16. The van der Waals surface area contributed by atoms with Crippen LogP contribution in [0.5, 0.6) is 0 Å². The van der Waals surface area contributed by atoms with Crippen molar-refractivity contribution in [1.82, 2.24) is 4.98 Å². The van der Waals surface area contributed by atoms with Gasteiger partial charge in [-0.3, -0.25) is 4.98 Å². The second-order valence-corrected chi connectivity index (χ2v) is 2.32. The molecule has 1 aromatic rings. The Morgan fingerprint density at radius 1 is 1.56 bits per heavy atom. The fraction of sp³-hybridized carbons (Fsp3) is 0.286. The summed E-state index contributed by atoms with van der Waals surface area (Å²) in [5.41, 5.74) is 1.80. The van der Waals surface area contributed by atoms with Crippen molar-refractivity contribution >= 4 is 11.6 Å². The standard InChI is InChI=1S/C7H7ClN/c1-5-3-4-7(8)6(2)9-5/h3H,1-2H3. The molecule has 2 heteroatoms. The second kappa shape index (κ2) is 2.36. The van der Waals surface area contributed by atoms with Crippen LogP contribution in [0.2, 0.25) is 5.02 Å². The van der Waals surface area contributed by atoms with Crippen molar-refractivity contribution in [2.24, 2.45) is 0 Å².